The van der Waals surface area contributed by atoms with Gasteiger partial charge in [-0.3, -0.25) is 4.79 Å². The molecule has 1 aromatic carbocycles. The number of likely N-dealkylation sites (tertiary alicyclic amines) is 1. The predicted molar refractivity (Wildman–Crippen MR) is 103 cm³/mol. The van der Waals surface area contributed by atoms with Crippen molar-refractivity contribution in [3.05, 3.63) is 71.5 Å². The normalized spacial score (nSPS) is 19.4. The van der Waals surface area contributed by atoms with Crippen LogP contribution in [0.1, 0.15) is 39.5 Å². The Morgan fingerprint density at radius 1 is 1.15 bits per heavy atom. The third-order valence-corrected chi connectivity index (χ3v) is 5.60. The Kier molecular flexibility index (Phi) is 4.94. The molecule has 3 aromatic rings. The van der Waals surface area contributed by atoms with Crippen LogP contribution in [0.25, 0.3) is 0 Å². The van der Waals surface area contributed by atoms with Crippen LogP contribution in [0.3, 0.4) is 0 Å². The van der Waals surface area contributed by atoms with Crippen molar-refractivity contribution in [2.24, 2.45) is 0 Å². The molecule has 1 amide bonds. The Balaban J connectivity index is 1.67. The molecule has 0 radical (unpaired) electrons. The molecule has 0 unspecified atom stereocenters. The smallest absolute Gasteiger partial charge is 0.256 e. The van der Waals surface area contributed by atoms with Crippen molar-refractivity contribution in [1.82, 2.24) is 20.0 Å². The first kappa shape index (κ1) is 17.7. The summed E-state index contributed by atoms with van der Waals surface area (Å²) in [4.78, 5) is 23.8. The van der Waals surface area contributed by atoms with Gasteiger partial charge >= 0.3 is 0 Å². The van der Waals surface area contributed by atoms with Crippen LogP contribution < -0.4 is 0 Å². The maximum atomic E-state index is 13.2. The van der Waals surface area contributed by atoms with Crippen LogP contribution in [0.2, 0.25) is 0 Å². The minimum Gasteiger partial charge on any atom is -0.339 e. The lowest BCUT2D eigenvalue weighted by molar-refractivity contribution is 0.0784. The number of pyridine rings is 1. The number of rotatable bonds is 4. The van der Waals surface area contributed by atoms with Gasteiger partial charge < -0.3 is 9.42 Å². The minimum absolute atomic E-state index is 0.00730. The number of thioether (sulfide) groups is 1. The summed E-state index contributed by atoms with van der Waals surface area (Å²) in [6, 6.07) is 13.8. The van der Waals surface area contributed by atoms with Crippen molar-refractivity contribution < 1.29 is 9.32 Å². The monoisotopic (exact) mass is 380 g/mol. The second kappa shape index (κ2) is 7.52. The summed E-state index contributed by atoms with van der Waals surface area (Å²) in [5.41, 5.74) is 1.81. The molecule has 1 fully saturated rings. The fraction of sp³-hybridized carbons (Fsp3) is 0.300. The molecule has 0 aliphatic carbocycles. The molecule has 1 aliphatic heterocycles. The summed E-state index contributed by atoms with van der Waals surface area (Å²) in [5.74, 6) is 1.29. The van der Waals surface area contributed by atoms with Crippen LogP contribution in [0, 0.1) is 6.92 Å². The van der Waals surface area contributed by atoms with E-state index in [-0.39, 0.29) is 17.7 Å². The molecular weight excluding hydrogens is 360 g/mol. The van der Waals surface area contributed by atoms with Crippen LogP contribution in [0.4, 0.5) is 0 Å². The van der Waals surface area contributed by atoms with E-state index in [9.17, 15) is 4.79 Å². The number of carbonyl (C=O) groups is 1. The number of carbonyl (C=O) groups excluding carboxylic acids is 1. The summed E-state index contributed by atoms with van der Waals surface area (Å²) in [6.45, 7) is 2.96. The molecule has 2 atom stereocenters. The van der Waals surface area contributed by atoms with Crippen molar-refractivity contribution in [3.63, 3.8) is 0 Å². The zero-order valence-corrected chi connectivity index (χ0v) is 16.0. The molecule has 2 aromatic heterocycles. The highest BCUT2D eigenvalue weighted by atomic mass is 32.2. The summed E-state index contributed by atoms with van der Waals surface area (Å²) < 4.78 is 5.46. The number of aryl methyl sites for hydroxylation is 1. The van der Waals surface area contributed by atoms with E-state index in [0.29, 0.717) is 30.4 Å². The molecule has 0 saturated carbocycles. The van der Waals surface area contributed by atoms with E-state index in [4.69, 9.17) is 4.52 Å². The molecule has 3 heterocycles. The van der Waals surface area contributed by atoms with Gasteiger partial charge in [0.2, 0.25) is 5.89 Å². The Hall–Kier alpha value is -2.67. The third-order valence-electron chi connectivity index (χ3n) is 4.89. The average Bonchev–Trinajstić information content (AvgIpc) is 3.34. The summed E-state index contributed by atoms with van der Waals surface area (Å²) in [6.07, 6.45) is 3.64. The van der Waals surface area contributed by atoms with Gasteiger partial charge in [-0.05, 0) is 30.9 Å². The van der Waals surface area contributed by atoms with Crippen molar-refractivity contribution >= 4 is 17.7 Å². The van der Waals surface area contributed by atoms with Crippen LogP contribution in [0.15, 0.2) is 58.2 Å². The van der Waals surface area contributed by atoms with Crippen LogP contribution in [0.5, 0.6) is 0 Å². The van der Waals surface area contributed by atoms with Crippen molar-refractivity contribution in [1.29, 1.82) is 0 Å². The van der Waals surface area contributed by atoms with E-state index in [1.165, 1.54) is 17.3 Å². The Labute approximate surface area is 162 Å². The largest absolute Gasteiger partial charge is 0.339 e. The van der Waals surface area contributed by atoms with E-state index in [1.54, 1.807) is 12.3 Å². The molecule has 0 spiro atoms. The van der Waals surface area contributed by atoms with E-state index in [0.717, 1.165) is 5.03 Å². The maximum absolute atomic E-state index is 13.2. The van der Waals surface area contributed by atoms with Crippen molar-refractivity contribution in [2.75, 3.05) is 19.3 Å². The lowest BCUT2D eigenvalue weighted by Gasteiger charge is -2.17. The molecule has 1 saturated heterocycles. The average molecular weight is 380 g/mol. The lowest BCUT2D eigenvalue weighted by Crippen LogP contribution is -2.29. The second-order valence-corrected chi connectivity index (χ2v) is 7.37. The zero-order chi connectivity index (χ0) is 18.8. The first-order valence-corrected chi connectivity index (χ1v) is 10.0. The summed E-state index contributed by atoms with van der Waals surface area (Å²) >= 11 is 1.48. The van der Waals surface area contributed by atoms with E-state index in [1.807, 2.05) is 42.3 Å². The Bertz CT molecular complexity index is 944. The van der Waals surface area contributed by atoms with E-state index >= 15 is 0 Å². The minimum atomic E-state index is -0.0213. The van der Waals surface area contributed by atoms with Gasteiger partial charge in [0.25, 0.3) is 5.91 Å². The van der Waals surface area contributed by atoms with E-state index in [2.05, 4.69) is 27.3 Å². The quantitative estimate of drug-likeness (QED) is 0.645. The first-order chi connectivity index (χ1) is 13.2. The molecule has 6 nitrogen and oxygen atoms in total. The number of nitrogens with zero attached hydrogens (tertiary/aromatic N) is 4. The van der Waals surface area contributed by atoms with Gasteiger partial charge in [0.05, 0.1) is 11.5 Å². The number of benzene rings is 1. The third kappa shape index (κ3) is 3.47. The highest BCUT2D eigenvalue weighted by Crippen LogP contribution is 2.39. The lowest BCUT2D eigenvalue weighted by atomic mass is 9.89. The number of aromatic nitrogens is 3. The van der Waals surface area contributed by atoms with Crippen molar-refractivity contribution in [3.8, 4) is 0 Å². The van der Waals surface area contributed by atoms with Gasteiger partial charge in [-0.25, -0.2) is 4.98 Å². The Morgan fingerprint density at radius 2 is 1.93 bits per heavy atom. The summed E-state index contributed by atoms with van der Waals surface area (Å²) in [7, 11) is 0. The molecule has 27 heavy (non-hydrogen) atoms. The van der Waals surface area contributed by atoms with Crippen LogP contribution in [-0.4, -0.2) is 45.3 Å². The summed E-state index contributed by atoms with van der Waals surface area (Å²) in [5, 5.41) is 4.69. The second-order valence-electron chi connectivity index (χ2n) is 6.57. The Morgan fingerprint density at radius 3 is 2.63 bits per heavy atom. The van der Waals surface area contributed by atoms with Gasteiger partial charge in [-0.1, -0.05) is 35.5 Å². The van der Waals surface area contributed by atoms with Crippen molar-refractivity contribution in [2.45, 2.75) is 23.8 Å². The van der Waals surface area contributed by atoms with Gasteiger partial charge in [0, 0.05) is 25.2 Å². The molecular formula is C20H20N4O2S. The molecule has 138 valence electrons. The van der Waals surface area contributed by atoms with E-state index < -0.39 is 0 Å². The van der Waals surface area contributed by atoms with Crippen LogP contribution >= 0.6 is 11.8 Å². The van der Waals surface area contributed by atoms with Gasteiger partial charge in [0.15, 0.2) is 5.82 Å². The number of hydrogen-bond donors (Lipinski definition) is 0. The standard InChI is InChI=1S/C20H20N4O2S/c1-13-22-18(26-23-13)17-12-24(11-16(17)14-7-4-3-5-8-14)20(25)15-9-6-10-21-19(15)27-2/h3-10,16-17H,11-12H2,1-2H3/t16-,17+/m0/s1. The predicted octanol–water partition coefficient (Wildman–Crippen LogP) is 3.52. The van der Waals surface area contributed by atoms with Gasteiger partial charge in [-0.15, -0.1) is 11.8 Å². The highest BCUT2D eigenvalue weighted by Gasteiger charge is 2.40. The topological polar surface area (TPSA) is 72.1 Å². The zero-order valence-electron chi connectivity index (χ0n) is 15.2. The molecule has 0 bridgehead atoms. The first-order valence-electron chi connectivity index (χ1n) is 8.81. The number of hydrogen-bond acceptors (Lipinski definition) is 6. The van der Waals surface area contributed by atoms with Gasteiger partial charge in [0.1, 0.15) is 5.03 Å². The molecule has 7 heteroatoms. The SMILES string of the molecule is CSc1ncccc1C(=O)N1C[C@@H](c2ccccc2)[C@H](c2nc(C)no2)C1. The fourth-order valence-electron chi connectivity index (χ4n) is 3.61. The highest BCUT2D eigenvalue weighted by molar-refractivity contribution is 7.98. The maximum Gasteiger partial charge on any atom is 0.256 e. The van der Waals surface area contributed by atoms with Crippen LogP contribution in [-0.2, 0) is 0 Å². The molecule has 0 N–H and O–H groups in total. The number of amides is 1. The fourth-order valence-corrected chi connectivity index (χ4v) is 4.15. The molecule has 1 aliphatic rings. The molecule has 4 rings (SSSR count). The van der Waals surface area contributed by atoms with Gasteiger partial charge in [-0.2, -0.15) is 4.98 Å².